The molecule has 6 heteroatoms. The Morgan fingerprint density at radius 1 is 1.18 bits per heavy atom. The molecule has 22 heavy (non-hydrogen) atoms. The van der Waals surface area contributed by atoms with E-state index in [1.165, 1.54) is 18.2 Å². The first-order valence-corrected chi connectivity index (χ1v) is 6.46. The van der Waals surface area contributed by atoms with Crippen LogP contribution in [0.4, 0.5) is 11.4 Å². The summed E-state index contributed by atoms with van der Waals surface area (Å²) in [7, 11) is 1.57. The minimum absolute atomic E-state index is 0.145. The van der Waals surface area contributed by atoms with Crippen molar-refractivity contribution >= 4 is 23.4 Å². The van der Waals surface area contributed by atoms with Crippen molar-refractivity contribution in [3.63, 3.8) is 0 Å². The third-order valence-corrected chi connectivity index (χ3v) is 2.90. The second-order valence-electron chi connectivity index (χ2n) is 4.37. The SMILES string of the molecule is COc1ccc(/C=C/C(=O)Nc2ccccc2[N+](=O)[O-])cc1. The molecule has 0 spiro atoms. The molecular weight excluding hydrogens is 284 g/mol. The van der Waals surface area contributed by atoms with E-state index >= 15 is 0 Å². The first-order chi connectivity index (χ1) is 10.6. The number of carbonyl (C=O) groups excluding carboxylic acids is 1. The summed E-state index contributed by atoms with van der Waals surface area (Å²) in [5.41, 5.74) is 0.837. The first-order valence-electron chi connectivity index (χ1n) is 6.46. The second kappa shape index (κ2) is 7.03. The van der Waals surface area contributed by atoms with Gasteiger partial charge in [0.05, 0.1) is 12.0 Å². The highest BCUT2D eigenvalue weighted by Gasteiger charge is 2.13. The van der Waals surface area contributed by atoms with Crippen molar-refractivity contribution in [3.8, 4) is 5.75 Å². The molecule has 2 aromatic rings. The summed E-state index contributed by atoms with van der Waals surface area (Å²) in [5.74, 6) is 0.284. The molecule has 112 valence electrons. The van der Waals surface area contributed by atoms with Crippen LogP contribution in [0.25, 0.3) is 6.08 Å². The fourth-order valence-electron chi connectivity index (χ4n) is 1.80. The molecule has 0 atom stereocenters. The number of hydrogen-bond acceptors (Lipinski definition) is 4. The number of amides is 1. The van der Waals surface area contributed by atoms with Crippen LogP contribution in [0.3, 0.4) is 0 Å². The molecule has 0 radical (unpaired) electrons. The van der Waals surface area contributed by atoms with Crippen molar-refractivity contribution in [3.05, 3.63) is 70.3 Å². The van der Waals surface area contributed by atoms with E-state index in [0.29, 0.717) is 0 Å². The number of nitrogens with one attached hydrogen (secondary N) is 1. The maximum Gasteiger partial charge on any atom is 0.292 e. The molecule has 6 nitrogen and oxygen atoms in total. The highest BCUT2D eigenvalue weighted by Crippen LogP contribution is 2.23. The van der Waals surface area contributed by atoms with Gasteiger partial charge in [0.25, 0.3) is 5.69 Å². The number of anilines is 1. The molecule has 0 unspecified atom stereocenters. The maximum atomic E-state index is 11.8. The van der Waals surface area contributed by atoms with Gasteiger partial charge in [0.15, 0.2) is 0 Å². The number of hydrogen-bond donors (Lipinski definition) is 1. The Hall–Kier alpha value is -3.15. The van der Waals surface area contributed by atoms with Crippen molar-refractivity contribution in [1.29, 1.82) is 0 Å². The molecule has 0 aliphatic carbocycles. The molecule has 2 aromatic carbocycles. The van der Waals surface area contributed by atoms with Crippen LogP contribution in [-0.2, 0) is 4.79 Å². The van der Waals surface area contributed by atoms with Crippen LogP contribution >= 0.6 is 0 Å². The number of para-hydroxylation sites is 2. The van der Waals surface area contributed by atoms with E-state index < -0.39 is 10.8 Å². The number of nitro groups is 1. The van der Waals surface area contributed by atoms with Crippen molar-refractivity contribution in [2.75, 3.05) is 12.4 Å². The smallest absolute Gasteiger partial charge is 0.292 e. The van der Waals surface area contributed by atoms with Gasteiger partial charge >= 0.3 is 0 Å². The number of nitrogens with zero attached hydrogens (tertiary/aromatic N) is 1. The van der Waals surface area contributed by atoms with E-state index in [4.69, 9.17) is 4.74 Å². The Labute approximate surface area is 127 Å². The van der Waals surface area contributed by atoms with Gasteiger partial charge in [-0.05, 0) is 29.8 Å². The molecule has 2 rings (SSSR count). The number of carbonyl (C=O) groups is 1. The fourth-order valence-corrected chi connectivity index (χ4v) is 1.80. The van der Waals surface area contributed by atoms with E-state index in [9.17, 15) is 14.9 Å². The average Bonchev–Trinajstić information content (AvgIpc) is 2.53. The molecule has 1 N–H and O–H groups in total. The Balaban J connectivity index is 2.06. The zero-order valence-electron chi connectivity index (χ0n) is 11.9. The highest BCUT2D eigenvalue weighted by atomic mass is 16.6. The van der Waals surface area contributed by atoms with Gasteiger partial charge in [0.1, 0.15) is 11.4 Å². The van der Waals surface area contributed by atoms with Gasteiger partial charge in [-0.3, -0.25) is 14.9 Å². The summed E-state index contributed by atoms with van der Waals surface area (Å²) in [5, 5.41) is 13.4. The molecule has 0 aromatic heterocycles. The van der Waals surface area contributed by atoms with Crippen molar-refractivity contribution < 1.29 is 14.5 Å². The Kier molecular flexibility index (Phi) is 4.87. The molecule has 0 aliphatic heterocycles. The monoisotopic (exact) mass is 298 g/mol. The molecule has 0 saturated heterocycles. The van der Waals surface area contributed by atoms with E-state index in [1.54, 1.807) is 49.6 Å². The Morgan fingerprint density at radius 2 is 1.86 bits per heavy atom. The van der Waals surface area contributed by atoms with Crippen LogP contribution in [0, 0.1) is 10.1 Å². The summed E-state index contributed by atoms with van der Waals surface area (Å²) in [6.45, 7) is 0. The van der Waals surface area contributed by atoms with Crippen molar-refractivity contribution in [1.82, 2.24) is 0 Å². The van der Waals surface area contributed by atoms with Gasteiger partial charge in [-0.2, -0.15) is 0 Å². The molecule has 0 saturated carbocycles. The quantitative estimate of drug-likeness (QED) is 0.522. The van der Waals surface area contributed by atoms with Crippen LogP contribution in [-0.4, -0.2) is 17.9 Å². The third kappa shape index (κ3) is 3.92. The van der Waals surface area contributed by atoms with Crippen molar-refractivity contribution in [2.45, 2.75) is 0 Å². The number of ether oxygens (including phenoxy) is 1. The van der Waals surface area contributed by atoms with E-state index in [-0.39, 0.29) is 11.4 Å². The van der Waals surface area contributed by atoms with Crippen LogP contribution in [0.2, 0.25) is 0 Å². The number of nitro benzene ring substituents is 1. The molecule has 0 bridgehead atoms. The normalized spacial score (nSPS) is 10.4. The van der Waals surface area contributed by atoms with E-state index in [2.05, 4.69) is 5.32 Å². The molecule has 1 amide bonds. The van der Waals surface area contributed by atoms with Gasteiger partial charge < -0.3 is 10.1 Å². The van der Waals surface area contributed by atoms with Crippen LogP contribution in [0.1, 0.15) is 5.56 Å². The van der Waals surface area contributed by atoms with Gasteiger partial charge in [0.2, 0.25) is 5.91 Å². The number of rotatable bonds is 5. The van der Waals surface area contributed by atoms with E-state index in [0.717, 1.165) is 11.3 Å². The minimum atomic E-state index is -0.539. The zero-order chi connectivity index (χ0) is 15.9. The molecule has 0 fully saturated rings. The lowest BCUT2D eigenvalue weighted by Gasteiger charge is -2.03. The Bertz CT molecular complexity index is 708. The molecule has 0 heterocycles. The largest absolute Gasteiger partial charge is 0.497 e. The average molecular weight is 298 g/mol. The summed E-state index contributed by atoms with van der Waals surface area (Å²) < 4.78 is 5.04. The summed E-state index contributed by atoms with van der Waals surface area (Å²) in [6, 6.07) is 13.1. The zero-order valence-corrected chi connectivity index (χ0v) is 11.9. The predicted octanol–water partition coefficient (Wildman–Crippen LogP) is 3.26. The summed E-state index contributed by atoms with van der Waals surface area (Å²) in [6.07, 6.45) is 2.93. The van der Waals surface area contributed by atoms with Gasteiger partial charge in [0, 0.05) is 12.1 Å². The second-order valence-corrected chi connectivity index (χ2v) is 4.37. The molecular formula is C16H14N2O4. The lowest BCUT2D eigenvalue weighted by molar-refractivity contribution is -0.383. The maximum absolute atomic E-state index is 11.8. The van der Waals surface area contributed by atoms with Gasteiger partial charge in [-0.1, -0.05) is 24.3 Å². The third-order valence-electron chi connectivity index (χ3n) is 2.90. The topological polar surface area (TPSA) is 81.5 Å². The lowest BCUT2D eigenvalue weighted by Crippen LogP contribution is -2.09. The summed E-state index contributed by atoms with van der Waals surface area (Å²) in [4.78, 5) is 22.2. The summed E-state index contributed by atoms with van der Waals surface area (Å²) >= 11 is 0. The number of benzene rings is 2. The van der Waals surface area contributed by atoms with Crippen LogP contribution in [0.5, 0.6) is 5.75 Å². The first kappa shape index (κ1) is 15.2. The standard InChI is InChI=1S/C16H14N2O4/c1-22-13-9-6-12(7-10-13)8-11-16(19)17-14-4-2-3-5-15(14)18(20)21/h2-11H,1H3,(H,17,19)/b11-8+. The van der Waals surface area contributed by atoms with Crippen molar-refractivity contribution in [2.24, 2.45) is 0 Å². The lowest BCUT2D eigenvalue weighted by atomic mass is 10.2. The number of methoxy groups -OCH3 is 1. The van der Waals surface area contributed by atoms with Gasteiger partial charge in [-0.15, -0.1) is 0 Å². The molecule has 0 aliphatic rings. The van der Waals surface area contributed by atoms with Gasteiger partial charge in [-0.25, -0.2) is 0 Å². The van der Waals surface area contributed by atoms with Crippen LogP contribution in [0.15, 0.2) is 54.6 Å². The van der Waals surface area contributed by atoms with E-state index in [1.807, 2.05) is 0 Å². The minimum Gasteiger partial charge on any atom is -0.497 e. The Morgan fingerprint density at radius 3 is 2.50 bits per heavy atom. The fraction of sp³-hybridized carbons (Fsp3) is 0.0625. The van der Waals surface area contributed by atoms with Crippen LogP contribution < -0.4 is 10.1 Å². The highest BCUT2D eigenvalue weighted by molar-refractivity contribution is 6.03. The predicted molar refractivity (Wildman–Crippen MR) is 83.8 cm³/mol.